The first-order valence-electron chi connectivity index (χ1n) is 4.49. The lowest BCUT2D eigenvalue weighted by Crippen LogP contribution is -1.90. The van der Waals surface area contributed by atoms with Crippen LogP contribution < -0.4 is 0 Å². The van der Waals surface area contributed by atoms with Crippen molar-refractivity contribution in [2.75, 3.05) is 0 Å². The van der Waals surface area contributed by atoms with E-state index in [0.29, 0.717) is 5.92 Å². The standard InChI is InChI=1S/C12H20/c1-7-10(4)12(6)8-11(5)9(2)3/h7-9H,5H2,1-4,6H3/b10-7+,12-8-. The van der Waals surface area contributed by atoms with Crippen molar-refractivity contribution in [1.29, 1.82) is 0 Å². The van der Waals surface area contributed by atoms with Crippen molar-refractivity contribution in [3.63, 3.8) is 0 Å². The Kier molecular flexibility index (Phi) is 4.65. The summed E-state index contributed by atoms with van der Waals surface area (Å²) in [6.07, 6.45) is 4.29. The molecule has 0 N–H and O–H groups in total. The SMILES string of the molecule is C=C(/C=C(C)\C(C)=C\C)C(C)C. The third kappa shape index (κ3) is 3.56. The number of hydrogen-bond donors (Lipinski definition) is 0. The van der Waals surface area contributed by atoms with Gasteiger partial charge < -0.3 is 0 Å². The van der Waals surface area contributed by atoms with E-state index in [9.17, 15) is 0 Å². The van der Waals surface area contributed by atoms with Crippen LogP contribution in [0.2, 0.25) is 0 Å². The van der Waals surface area contributed by atoms with E-state index in [1.165, 1.54) is 16.7 Å². The molecule has 0 bridgehead atoms. The molecule has 0 rings (SSSR count). The minimum Gasteiger partial charge on any atom is -0.0956 e. The van der Waals surface area contributed by atoms with Crippen LogP contribution in [-0.4, -0.2) is 0 Å². The molecule has 0 unspecified atom stereocenters. The monoisotopic (exact) mass is 164 g/mol. The number of allylic oxidation sites excluding steroid dienone is 5. The van der Waals surface area contributed by atoms with Crippen LogP contribution in [0, 0.1) is 5.92 Å². The highest BCUT2D eigenvalue weighted by atomic mass is 14.0. The van der Waals surface area contributed by atoms with Crippen LogP contribution in [-0.2, 0) is 0 Å². The van der Waals surface area contributed by atoms with Gasteiger partial charge in [0.1, 0.15) is 0 Å². The molecule has 0 aliphatic carbocycles. The number of rotatable bonds is 3. The fourth-order valence-corrected chi connectivity index (χ4v) is 0.786. The molecule has 68 valence electrons. The van der Waals surface area contributed by atoms with E-state index in [1.807, 2.05) is 0 Å². The molecular weight excluding hydrogens is 144 g/mol. The van der Waals surface area contributed by atoms with Gasteiger partial charge in [-0.3, -0.25) is 0 Å². The highest BCUT2D eigenvalue weighted by molar-refractivity contribution is 5.33. The molecule has 0 nitrogen and oxygen atoms in total. The van der Waals surface area contributed by atoms with Gasteiger partial charge in [0.15, 0.2) is 0 Å². The predicted molar refractivity (Wildman–Crippen MR) is 57.2 cm³/mol. The van der Waals surface area contributed by atoms with Crippen molar-refractivity contribution in [3.05, 3.63) is 35.5 Å². The van der Waals surface area contributed by atoms with Gasteiger partial charge in [-0.1, -0.05) is 43.7 Å². The number of hydrogen-bond acceptors (Lipinski definition) is 0. The van der Waals surface area contributed by atoms with Crippen molar-refractivity contribution < 1.29 is 0 Å². The van der Waals surface area contributed by atoms with E-state index < -0.39 is 0 Å². The molecule has 0 amide bonds. The van der Waals surface area contributed by atoms with E-state index in [0.717, 1.165) is 0 Å². The average Bonchev–Trinajstić information content (AvgIpc) is 2.02. The van der Waals surface area contributed by atoms with Gasteiger partial charge in [-0.2, -0.15) is 0 Å². The molecule has 0 saturated heterocycles. The Morgan fingerprint density at radius 2 is 1.67 bits per heavy atom. The van der Waals surface area contributed by atoms with Gasteiger partial charge in [-0.25, -0.2) is 0 Å². The van der Waals surface area contributed by atoms with E-state index in [1.54, 1.807) is 0 Å². The normalized spacial score (nSPS) is 13.8. The predicted octanol–water partition coefficient (Wildman–Crippen LogP) is 4.11. The van der Waals surface area contributed by atoms with Crippen molar-refractivity contribution in [1.82, 2.24) is 0 Å². The van der Waals surface area contributed by atoms with Crippen molar-refractivity contribution >= 4 is 0 Å². The van der Waals surface area contributed by atoms with Crippen LogP contribution in [0.25, 0.3) is 0 Å². The van der Waals surface area contributed by atoms with Gasteiger partial charge in [0.05, 0.1) is 0 Å². The fourth-order valence-electron chi connectivity index (χ4n) is 0.786. The Labute approximate surface area is 76.7 Å². The lowest BCUT2D eigenvalue weighted by molar-refractivity contribution is 0.793. The zero-order chi connectivity index (χ0) is 9.72. The van der Waals surface area contributed by atoms with Crippen molar-refractivity contribution in [3.8, 4) is 0 Å². The van der Waals surface area contributed by atoms with E-state index in [2.05, 4.69) is 53.3 Å². The summed E-state index contributed by atoms with van der Waals surface area (Å²) in [6, 6.07) is 0. The molecule has 0 heteroatoms. The summed E-state index contributed by atoms with van der Waals surface area (Å²) in [6.45, 7) is 14.6. The highest BCUT2D eigenvalue weighted by Crippen LogP contribution is 2.15. The van der Waals surface area contributed by atoms with Crippen LogP contribution >= 0.6 is 0 Å². The molecule has 0 aliphatic heterocycles. The van der Waals surface area contributed by atoms with Gasteiger partial charge in [0.25, 0.3) is 0 Å². The summed E-state index contributed by atoms with van der Waals surface area (Å²) in [7, 11) is 0. The fraction of sp³-hybridized carbons (Fsp3) is 0.500. The zero-order valence-corrected chi connectivity index (χ0v) is 8.94. The second kappa shape index (κ2) is 4.97. The molecule has 12 heavy (non-hydrogen) atoms. The minimum atomic E-state index is 0.546. The Bertz CT molecular complexity index is 214. The molecule has 0 spiro atoms. The molecule has 0 heterocycles. The van der Waals surface area contributed by atoms with Gasteiger partial charge in [0, 0.05) is 0 Å². The Balaban J connectivity index is 4.47. The Morgan fingerprint density at radius 3 is 2.00 bits per heavy atom. The van der Waals surface area contributed by atoms with Crippen molar-refractivity contribution in [2.24, 2.45) is 5.92 Å². The molecule has 0 aromatic heterocycles. The summed E-state index contributed by atoms with van der Waals surface area (Å²) in [4.78, 5) is 0. The van der Waals surface area contributed by atoms with Crippen LogP contribution in [0.15, 0.2) is 35.5 Å². The summed E-state index contributed by atoms with van der Waals surface area (Å²) in [5.74, 6) is 0.546. The molecular formula is C12H20. The smallest absolute Gasteiger partial charge is 0.0225 e. The summed E-state index contributed by atoms with van der Waals surface area (Å²) >= 11 is 0. The average molecular weight is 164 g/mol. The molecule has 0 atom stereocenters. The Hall–Kier alpha value is -0.780. The summed E-state index contributed by atoms with van der Waals surface area (Å²) in [5.41, 5.74) is 3.85. The third-order valence-electron chi connectivity index (χ3n) is 2.20. The topological polar surface area (TPSA) is 0 Å². The second-order valence-corrected chi connectivity index (χ2v) is 3.53. The molecule has 0 aliphatic rings. The third-order valence-corrected chi connectivity index (χ3v) is 2.20. The molecule has 0 aromatic rings. The first-order valence-corrected chi connectivity index (χ1v) is 4.49. The summed E-state index contributed by atoms with van der Waals surface area (Å²) in [5, 5.41) is 0. The minimum absolute atomic E-state index is 0.546. The summed E-state index contributed by atoms with van der Waals surface area (Å²) < 4.78 is 0. The van der Waals surface area contributed by atoms with E-state index in [-0.39, 0.29) is 0 Å². The molecule has 0 aromatic carbocycles. The largest absolute Gasteiger partial charge is 0.0956 e. The van der Waals surface area contributed by atoms with Crippen molar-refractivity contribution in [2.45, 2.75) is 34.6 Å². The zero-order valence-electron chi connectivity index (χ0n) is 8.94. The van der Waals surface area contributed by atoms with Gasteiger partial charge in [-0.15, -0.1) is 0 Å². The quantitative estimate of drug-likeness (QED) is 0.551. The van der Waals surface area contributed by atoms with Crippen LogP contribution in [0.3, 0.4) is 0 Å². The maximum atomic E-state index is 4.01. The van der Waals surface area contributed by atoms with Crippen LogP contribution in [0.1, 0.15) is 34.6 Å². The first-order chi connectivity index (χ1) is 5.49. The highest BCUT2D eigenvalue weighted by Gasteiger charge is 1.97. The molecule has 0 fully saturated rings. The second-order valence-electron chi connectivity index (χ2n) is 3.53. The maximum Gasteiger partial charge on any atom is -0.0225 e. The molecule has 0 radical (unpaired) electrons. The van der Waals surface area contributed by atoms with Gasteiger partial charge >= 0.3 is 0 Å². The van der Waals surface area contributed by atoms with Gasteiger partial charge in [-0.05, 0) is 32.3 Å². The van der Waals surface area contributed by atoms with Gasteiger partial charge in [0.2, 0.25) is 0 Å². The Morgan fingerprint density at radius 1 is 1.17 bits per heavy atom. The lowest BCUT2D eigenvalue weighted by atomic mass is 10.00. The van der Waals surface area contributed by atoms with E-state index in [4.69, 9.17) is 0 Å². The van der Waals surface area contributed by atoms with Crippen LogP contribution in [0.5, 0.6) is 0 Å². The molecule has 0 saturated carbocycles. The lowest BCUT2D eigenvalue weighted by Gasteiger charge is -2.06. The maximum absolute atomic E-state index is 4.01. The van der Waals surface area contributed by atoms with E-state index >= 15 is 0 Å². The van der Waals surface area contributed by atoms with Crippen LogP contribution in [0.4, 0.5) is 0 Å². The first kappa shape index (κ1) is 11.2.